The fourth-order valence-corrected chi connectivity index (χ4v) is 5.48. The Morgan fingerprint density at radius 2 is 1.73 bits per heavy atom. The second-order valence-electron chi connectivity index (χ2n) is 10.6. The predicted octanol–water partition coefficient (Wildman–Crippen LogP) is 6.42. The normalized spacial score (nSPS) is 15.8. The lowest BCUT2D eigenvalue weighted by Gasteiger charge is -2.33. The van der Waals surface area contributed by atoms with Crippen LogP contribution in [0.2, 0.25) is 0 Å². The van der Waals surface area contributed by atoms with Gasteiger partial charge in [0.25, 0.3) is 0 Å². The summed E-state index contributed by atoms with van der Waals surface area (Å²) in [6, 6.07) is 17.7. The van der Waals surface area contributed by atoms with Gasteiger partial charge in [-0.1, -0.05) is 24.3 Å². The monoisotopic (exact) mass is 543 g/mol. The van der Waals surface area contributed by atoms with Crippen molar-refractivity contribution in [3.63, 3.8) is 0 Å². The van der Waals surface area contributed by atoms with Crippen molar-refractivity contribution in [3.05, 3.63) is 71.8 Å². The minimum atomic E-state index is -0.386. The molecule has 8 nitrogen and oxygen atoms in total. The number of rotatable bonds is 7. The molecule has 1 amide bonds. The van der Waals surface area contributed by atoms with Crippen molar-refractivity contribution >= 4 is 23.0 Å². The van der Waals surface area contributed by atoms with Crippen LogP contribution in [0.25, 0.3) is 16.7 Å². The molecule has 0 radical (unpaired) electrons. The van der Waals surface area contributed by atoms with Gasteiger partial charge in [0, 0.05) is 42.5 Å². The standard InChI is InChI=1S/C32H37N3O5/c1-21-19-32(2,3)34-27-13-12-23(25(30(21)27)20-33-26-8-6-7-9-28(26)37-4)24-11-10-22(18-29(24)38-5)40-31(36)35-14-16-39-17-15-35/h6-13,18-19,33-34H,14-17,20H2,1-5H3. The van der Waals surface area contributed by atoms with E-state index in [4.69, 9.17) is 18.9 Å². The SMILES string of the molecule is COc1ccccc1NCc1c(-c2ccc(OC(=O)N3CCOCC3)cc2OC)ccc2c1C(C)=CC(C)(C)N2. The Hall–Kier alpha value is -4.17. The summed E-state index contributed by atoms with van der Waals surface area (Å²) in [4.78, 5) is 14.3. The number of para-hydroxylation sites is 2. The lowest BCUT2D eigenvalue weighted by Crippen LogP contribution is -2.42. The Bertz CT molecular complexity index is 1430. The van der Waals surface area contributed by atoms with Gasteiger partial charge in [0.1, 0.15) is 17.2 Å². The van der Waals surface area contributed by atoms with Crippen LogP contribution in [0.5, 0.6) is 17.2 Å². The van der Waals surface area contributed by atoms with Crippen molar-refractivity contribution in [2.75, 3.05) is 51.2 Å². The molecule has 40 heavy (non-hydrogen) atoms. The number of nitrogens with one attached hydrogen (secondary N) is 2. The highest BCUT2D eigenvalue weighted by molar-refractivity contribution is 5.89. The average molecular weight is 544 g/mol. The van der Waals surface area contributed by atoms with E-state index in [9.17, 15) is 4.79 Å². The Balaban J connectivity index is 1.53. The van der Waals surface area contributed by atoms with Crippen molar-refractivity contribution in [3.8, 4) is 28.4 Å². The maximum atomic E-state index is 12.7. The van der Waals surface area contributed by atoms with E-state index in [0.717, 1.165) is 39.4 Å². The van der Waals surface area contributed by atoms with Crippen LogP contribution < -0.4 is 24.8 Å². The largest absolute Gasteiger partial charge is 0.496 e. The van der Waals surface area contributed by atoms with E-state index in [0.29, 0.717) is 44.3 Å². The van der Waals surface area contributed by atoms with Crippen molar-refractivity contribution in [2.24, 2.45) is 0 Å². The molecule has 1 saturated heterocycles. The topological polar surface area (TPSA) is 81.3 Å². The maximum absolute atomic E-state index is 12.7. The van der Waals surface area contributed by atoms with Crippen molar-refractivity contribution in [1.82, 2.24) is 4.90 Å². The van der Waals surface area contributed by atoms with Crippen LogP contribution in [-0.2, 0) is 11.3 Å². The zero-order chi connectivity index (χ0) is 28.3. The summed E-state index contributed by atoms with van der Waals surface area (Å²) in [7, 11) is 3.31. The molecule has 210 valence electrons. The third-order valence-electron chi connectivity index (χ3n) is 7.24. The molecule has 0 spiro atoms. The fourth-order valence-electron chi connectivity index (χ4n) is 5.48. The summed E-state index contributed by atoms with van der Waals surface area (Å²) in [5.41, 5.74) is 7.25. The molecule has 2 aliphatic rings. The summed E-state index contributed by atoms with van der Waals surface area (Å²) in [6.45, 7) is 9.11. The van der Waals surface area contributed by atoms with Gasteiger partial charge >= 0.3 is 6.09 Å². The van der Waals surface area contributed by atoms with Crippen molar-refractivity contribution in [1.29, 1.82) is 0 Å². The molecule has 3 aromatic rings. The number of carbonyl (C=O) groups is 1. The van der Waals surface area contributed by atoms with Crippen LogP contribution in [0.15, 0.2) is 60.7 Å². The number of amides is 1. The van der Waals surface area contributed by atoms with E-state index in [1.807, 2.05) is 36.4 Å². The molecule has 0 saturated carbocycles. The van der Waals surface area contributed by atoms with E-state index in [1.165, 1.54) is 5.57 Å². The van der Waals surface area contributed by atoms with E-state index in [1.54, 1.807) is 25.2 Å². The molecular formula is C32H37N3O5. The Morgan fingerprint density at radius 3 is 2.48 bits per heavy atom. The first-order valence-electron chi connectivity index (χ1n) is 13.5. The van der Waals surface area contributed by atoms with Crippen LogP contribution >= 0.6 is 0 Å². The average Bonchev–Trinajstić information content (AvgIpc) is 2.95. The number of carbonyl (C=O) groups excluding carboxylic acids is 1. The first-order valence-corrected chi connectivity index (χ1v) is 13.5. The van der Waals surface area contributed by atoms with Gasteiger partial charge < -0.3 is 34.5 Å². The van der Waals surface area contributed by atoms with Gasteiger partial charge in [0.15, 0.2) is 0 Å². The summed E-state index contributed by atoms with van der Waals surface area (Å²) in [5, 5.41) is 7.25. The molecule has 5 rings (SSSR count). The summed E-state index contributed by atoms with van der Waals surface area (Å²) in [6.07, 6.45) is 1.87. The molecule has 8 heteroatoms. The number of hydrogen-bond donors (Lipinski definition) is 2. The molecule has 3 aromatic carbocycles. The number of nitrogens with zero attached hydrogens (tertiary/aromatic N) is 1. The van der Waals surface area contributed by atoms with Gasteiger partial charge in [0.05, 0.1) is 38.7 Å². The lowest BCUT2D eigenvalue weighted by molar-refractivity contribution is 0.0416. The molecule has 0 atom stereocenters. The fraction of sp³-hybridized carbons (Fsp3) is 0.344. The number of fused-ring (bicyclic) bond motifs is 1. The minimum absolute atomic E-state index is 0.157. The molecule has 2 heterocycles. The van der Waals surface area contributed by atoms with Crippen molar-refractivity contribution in [2.45, 2.75) is 32.9 Å². The third kappa shape index (κ3) is 5.72. The number of ether oxygens (including phenoxy) is 4. The van der Waals surface area contributed by atoms with E-state index >= 15 is 0 Å². The van der Waals surface area contributed by atoms with Crippen LogP contribution in [-0.4, -0.2) is 57.1 Å². The van der Waals surface area contributed by atoms with Gasteiger partial charge in [0.2, 0.25) is 0 Å². The highest BCUT2D eigenvalue weighted by atomic mass is 16.6. The Labute approximate surface area is 235 Å². The molecule has 1 fully saturated rings. The van der Waals surface area contributed by atoms with Gasteiger partial charge in [-0.2, -0.15) is 0 Å². The summed E-state index contributed by atoms with van der Waals surface area (Å²) >= 11 is 0. The minimum Gasteiger partial charge on any atom is -0.496 e. The third-order valence-corrected chi connectivity index (χ3v) is 7.24. The number of morpholine rings is 1. The number of benzene rings is 3. The number of methoxy groups -OCH3 is 2. The quantitative estimate of drug-likeness (QED) is 0.356. The summed E-state index contributed by atoms with van der Waals surface area (Å²) < 4.78 is 22.4. The van der Waals surface area contributed by atoms with E-state index in [-0.39, 0.29) is 11.6 Å². The second-order valence-corrected chi connectivity index (χ2v) is 10.6. The molecule has 0 aromatic heterocycles. The van der Waals surface area contributed by atoms with Gasteiger partial charge in [-0.05, 0) is 67.8 Å². The Morgan fingerprint density at radius 1 is 1.00 bits per heavy atom. The number of anilines is 2. The van der Waals surface area contributed by atoms with Crippen LogP contribution in [0.1, 0.15) is 31.9 Å². The van der Waals surface area contributed by atoms with Crippen LogP contribution in [0.3, 0.4) is 0 Å². The van der Waals surface area contributed by atoms with Gasteiger partial charge in [-0.15, -0.1) is 0 Å². The second kappa shape index (κ2) is 11.5. The van der Waals surface area contributed by atoms with Crippen LogP contribution in [0.4, 0.5) is 16.2 Å². The highest BCUT2D eigenvalue weighted by Gasteiger charge is 2.27. The molecular weight excluding hydrogens is 506 g/mol. The zero-order valence-electron chi connectivity index (χ0n) is 23.8. The lowest BCUT2D eigenvalue weighted by atomic mass is 9.85. The Kier molecular flexibility index (Phi) is 7.89. The van der Waals surface area contributed by atoms with Gasteiger partial charge in [-0.3, -0.25) is 0 Å². The van der Waals surface area contributed by atoms with Gasteiger partial charge in [-0.25, -0.2) is 4.79 Å². The van der Waals surface area contributed by atoms with E-state index in [2.05, 4.69) is 49.6 Å². The predicted molar refractivity (Wildman–Crippen MR) is 159 cm³/mol. The molecule has 2 aliphatic heterocycles. The molecule has 0 bridgehead atoms. The number of allylic oxidation sites excluding steroid dienone is 1. The number of hydrogen-bond acceptors (Lipinski definition) is 7. The highest BCUT2D eigenvalue weighted by Crippen LogP contribution is 2.43. The zero-order valence-corrected chi connectivity index (χ0v) is 23.8. The summed E-state index contributed by atoms with van der Waals surface area (Å²) in [5.74, 6) is 1.84. The first kappa shape index (κ1) is 27.4. The van der Waals surface area contributed by atoms with E-state index < -0.39 is 0 Å². The maximum Gasteiger partial charge on any atom is 0.415 e. The first-order chi connectivity index (χ1) is 19.3. The molecule has 0 aliphatic carbocycles. The van der Waals surface area contributed by atoms with Crippen molar-refractivity contribution < 1.29 is 23.7 Å². The smallest absolute Gasteiger partial charge is 0.415 e. The molecule has 2 N–H and O–H groups in total. The van der Waals surface area contributed by atoms with Crippen LogP contribution in [0, 0.1) is 0 Å². The molecule has 0 unspecified atom stereocenters.